The molecule has 0 radical (unpaired) electrons. The molecule has 7 nitrogen and oxygen atoms in total. The van der Waals surface area contributed by atoms with Crippen LogP contribution in [0.25, 0.3) is 11.6 Å². The van der Waals surface area contributed by atoms with Crippen molar-refractivity contribution in [2.45, 2.75) is 12.8 Å². The molecule has 0 atom stereocenters. The Balaban J connectivity index is 1.57. The molecule has 0 spiro atoms. The molecule has 0 saturated heterocycles. The number of aromatic nitrogens is 5. The summed E-state index contributed by atoms with van der Waals surface area (Å²) in [4.78, 5) is 10.6. The number of hydrogen-bond acceptors (Lipinski definition) is 6. The number of fused-ring (bicyclic) bond motifs is 1. The van der Waals surface area contributed by atoms with Crippen molar-refractivity contribution in [2.24, 2.45) is 0 Å². The van der Waals surface area contributed by atoms with Gasteiger partial charge in [-0.1, -0.05) is 17.3 Å². The molecular formula is C14H14N6O. The Morgan fingerprint density at radius 2 is 2.33 bits per heavy atom. The number of likely N-dealkylation sites (N-methyl/N-ethyl adjacent to an activating group) is 1. The van der Waals surface area contributed by atoms with E-state index in [4.69, 9.17) is 4.52 Å². The number of rotatable bonds is 3. The van der Waals surface area contributed by atoms with Crippen LogP contribution in [0.4, 0.5) is 5.69 Å². The molecular weight excluding hydrogens is 268 g/mol. The maximum atomic E-state index is 5.27. The fourth-order valence-corrected chi connectivity index (χ4v) is 2.64. The van der Waals surface area contributed by atoms with Gasteiger partial charge in [0, 0.05) is 19.3 Å². The average molecular weight is 282 g/mol. The summed E-state index contributed by atoms with van der Waals surface area (Å²) in [5, 5.41) is 10.4. The van der Waals surface area contributed by atoms with Crippen LogP contribution >= 0.6 is 0 Å². The third-order valence-corrected chi connectivity index (χ3v) is 3.72. The summed E-state index contributed by atoms with van der Waals surface area (Å²) in [6.45, 7) is 1.08. The van der Waals surface area contributed by atoms with Gasteiger partial charge in [-0.3, -0.25) is 5.10 Å². The van der Waals surface area contributed by atoms with Crippen LogP contribution in [0.1, 0.15) is 17.0 Å². The molecule has 3 heterocycles. The summed E-state index contributed by atoms with van der Waals surface area (Å²) in [6.07, 6.45) is 3.13. The topological polar surface area (TPSA) is 83.7 Å². The summed E-state index contributed by atoms with van der Waals surface area (Å²) in [5.74, 6) is 1.52. The second kappa shape index (κ2) is 4.69. The summed E-state index contributed by atoms with van der Waals surface area (Å²) >= 11 is 0. The predicted octanol–water partition coefficient (Wildman–Crippen LogP) is 1.44. The average Bonchev–Trinajstić information content (AvgIpc) is 3.20. The van der Waals surface area contributed by atoms with Gasteiger partial charge in [0.1, 0.15) is 6.33 Å². The maximum absolute atomic E-state index is 5.27. The number of anilines is 1. The van der Waals surface area contributed by atoms with Gasteiger partial charge in [0.25, 0.3) is 0 Å². The predicted molar refractivity (Wildman–Crippen MR) is 75.9 cm³/mol. The molecule has 106 valence electrons. The first-order valence-electron chi connectivity index (χ1n) is 6.81. The van der Waals surface area contributed by atoms with Crippen LogP contribution in [0.2, 0.25) is 0 Å². The minimum atomic E-state index is 0.434. The van der Waals surface area contributed by atoms with E-state index in [2.05, 4.69) is 55.5 Å². The lowest BCUT2D eigenvalue weighted by molar-refractivity contribution is 0.385. The smallest absolute Gasteiger partial charge is 0.239 e. The van der Waals surface area contributed by atoms with Crippen LogP contribution < -0.4 is 4.90 Å². The minimum absolute atomic E-state index is 0.434. The second-order valence-corrected chi connectivity index (χ2v) is 5.16. The van der Waals surface area contributed by atoms with E-state index in [1.165, 1.54) is 23.1 Å². The van der Waals surface area contributed by atoms with Gasteiger partial charge in [0.05, 0.1) is 6.42 Å². The molecule has 1 N–H and O–H groups in total. The van der Waals surface area contributed by atoms with Crippen molar-refractivity contribution in [3.05, 3.63) is 41.5 Å². The third-order valence-electron chi connectivity index (χ3n) is 3.72. The molecule has 1 aliphatic heterocycles. The van der Waals surface area contributed by atoms with Gasteiger partial charge < -0.3 is 9.42 Å². The van der Waals surface area contributed by atoms with Gasteiger partial charge in [-0.25, -0.2) is 4.98 Å². The van der Waals surface area contributed by atoms with Gasteiger partial charge in [0.2, 0.25) is 11.7 Å². The Morgan fingerprint density at radius 3 is 3.19 bits per heavy atom. The Labute approximate surface area is 121 Å². The lowest BCUT2D eigenvalue weighted by atomic mass is 10.1. The van der Waals surface area contributed by atoms with Crippen molar-refractivity contribution >= 4 is 5.69 Å². The van der Waals surface area contributed by atoms with Gasteiger partial charge in [-0.05, 0) is 23.6 Å². The molecule has 2 aromatic heterocycles. The zero-order valence-electron chi connectivity index (χ0n) is 11.6. The van der Waals surface area contributed by atoms with Crippen molar-refractivity contribution in [1.82, 2.24) is 25.3 Å². The number of nitrogens with zero attached hydrogens (tertiary/aromatic N) is 5. The van der Waals surface area contributed by atoms with E-state index in [1.54, 1.807) is 0 Å². The SMILES string of the molecule is CN1CCc2cc(Cc3nc(-c4ncn[nH]4)no3)ccc21. The van der Waals surface area contributed by atoms with Crippen LogP contribution in [-0.2, 0) is 12.8 Å². The standard InChI is InChI=1S/C14H14N6O/c1-20-5-4-10-6-9(2-3-11(10)20)7-12-17-14(19-21-12)13-15-8-16-18-13/h2-3,6,8H,4-5,7H2,1H3,(H,15,16,18). The molecule has 0 saturated carbocycles. The van der Waals surface area contributed by atoms with Crippen LogP contribution in [0, 0.1) is 0 Å². The van der Waals surface area contributed by atoms with Crippen molar-refractivity contribution in [3.8, 4) is 11.6 Å². The summed E-state index contributed by atoms with van der Waals surface area (Å²) in [7, 11) is 2.12. The molecule has 0 bridgehead atoms. The molecule has 0 amide bonds. The molecule has 3 aromatic rings. The Kier molecular flexibility index (Phi) is 2.70. The molecule has 21 heavy (non-hydrogen) atoms. The van der Waals surface area contributed by atoms with Crippen molar-refractivity contribution in [3.63, 3.8) is 0 Å². The first-order chi connectivity index (χ1) is 10.3. The van der Waals surface area contributed by atoms with E-state index >= 15 is 0 Å². The molecule has 0 fully saturated rings. The number of benzene rings is 1. The van der Waals surface area contributed by atoms with Gasteiger partial charge in [0.15, 0.2) is 5.82 Å². The second-order valence-electron chi connectivity index (χ2n) is 5.16. The van der Waals surface area contributed by atoms with E-state index in [-0.39, 0.29) is 0 Å². The Bertz CT molecular complexity index is 764. The summed E-state index contributed by atoms with van der Waals surface area (Å²) in [5.41, 5.74) is 3.87. The van der Waals surface area contributed by atoms with E-state index in [0.717, 1.165) is 13.0 Å². The van der Waals surface area contributed by atoms with E-state index in [0.29, 0.717) is 24.0 Å². The van der Waals surface area contributed by atoms with Crippen molar-refractivity contribution < 1.29 is 4.52 Å². The molecule has 1 aliphatic rings. The summed E-state index contributed by atoms with van der Waals surface area (Å²) in [6, 6.07) is 6.49. The quantitative estimate of drug-likeness (QED) is 0.782. The van der Waals surface area contributed by atoms with Gasteiger partial charge >= 0.3 is 0 Å². The van der Waals surface area contributed by atoms with E-state index in [1.807, 2.05) is 0 Å². The lowest BCUT2D eigenvalue weighted by Crippen LogP contribution is -2.12. The summed E-state index contributed by atoms with van der Waals surface area (Å²) < 4.78 is 5.27. The molecule has 1 aromatic carbocycles. The van der Waals surface area contributed by atoms with Crippen molar-refractivity contribution in [2.75, 3.05) is 18.5 Å². The van der Waals surface area contributed by atoms with Crippen molar-refractivity contribution in [1.29, 1.82) is 0 Å². The highest BCUT2D eigenvalue weighted by atomic mass is 16.5. The van der Waals surface area contributed by atoms with E-state index < -0.39 is 0 Å². The van der Waals surface area contributed by atoms with Gasteiger partial charge in [-0.2, -0.15) is 10.1 Å². The molecule has 0 aliphatic carbocycles. The zero-order chi connectivity index (χ0) is 14.2. The molecule has 0 unspecified atom stereocenters. The number of H-pyrrole nitrogens is 1. The number of aromatic amines is 1. The van der Waals surface area contributed by atoms with Crippen LogP contribution in [0.3, 0.4) is 0 Å². The van der Waals surface area contributed by atoms with E-state index in [9.17, 15) is 0 Å². The molecule has 7 heteroatoms. The maximum Gasteiger partial charge on any atom is 0.239 e. The van der Waals surface area contributed by atoms with Crippen LogP contribution in [-0.4, -0.2) is 38.9 Å². The Hall–Kier alpha value is -2.70. The Morgan fingerprint density at radius 1 is 1.38 bits per heavy atom. The largest absolute Gasteiger partial charge is 0.374 e. The normalized spacial score (nSPS) is 13.7. The highest BCUT2D eigenvalue weighted by Gasteiger charge is 2.17. The molecule has 4 rings (SSSR count). The highest BCUT2D eigenvalue weighted by molar-refractivity contribution is 5.58. The fraction of sp³-hybridized carbons (Fsp3) is 0.286. The lowest BCUT2D eigenvalue weighted by Gasteiger charge is -2.11. The van der Waals surface area contributed by atoms with Crippen LogP contribution in [0.15, 0.2) is 29.0 Å². The zero-order valence-corrected chi connectivity index (χ0v) is 11.6. The number of nitrogens with one attached hydrogen (secondary N) is 1. The minimum Gasteiger partial charge on any atom is -0.374 e. The highest BCUT2D eigenvalue weighted by Crippen LogP contribution is 2.28. The fourth-order valence-electron chi connectivity index (χ4n) is 2.64. The monoisotopic (exact) mass is 282 g/mol. The first kappa shape index (κ1) is 12.1. The van der Waals surface area contributed by atoms with Gasteiger partial charge in [-0.15, -0.1) is 0 Å². The third kappa shape index (κ3) is 2.16. The number of hydrogen-bond donors (Lipinski definition) is 1. The van der Waals surface area contributed by atoms with Crippen LogP contribution in [0.5, 0.6) is 0 Å². The first-order valence-corrected chi connectivity index (χ1v) is 6.81.